The summed E-state index contributed by atoms with van der Waals surface area (Å²) < 4.78 is 5.89. The van der Waals surface area contributed by atoms with Gasteiger partial charge in [-0.15, -0.1) is 0 Å². The molecule has 3 aromatic rings. The molecule has 0 fully saturated rings. The summed E-state index contributed by atoms with van der Waals surface area (Å²) in [5.74, 6) is 0.747. The number of nitrogens with one attached hydrogen (secondary N) is 1. The smallest absolute Gasteiger partial charge is 0.307 e. The van der Waals surface area contributed by atoms with E-state index in [1.54, 1.807) is 6.07 Å². The molecule has 0 amide bonds. The minimum absolute atomic E-state index is 0.00317. The van der Waals surface area contributed by atoms with Crippen LogP contribution in [0, 0.1) is 13.8 Å². The van der Waals surface area contributed by atoms with E-state index in [1.807, 2.05) is 44.2 Å². The normalized spacial score (nSPS) is 10.9. The van der Waals surface area contributed by atoms with Crippen LogP contribution in [0.1, 0.15) is 22.5 Å². The van der Waals surface area contributed by atoms with Gasteiger partial charge in [0.2, 0.25) is 0 Å². The van der Waals surface area contributed by atoms with Gasteiger partial charge in [-0.2, -0.15) is 0 Å². The Morgan fingerprint density at radius 2 is 1.96 bits per heavy atom. The maximum Gasteiger partial charge on any atom is 0.307 e. The van der Waals surface area contributed by atoms with Gasteiger partial charge in [0.05, 0.1) is 17.5 Å². The zero-order chi connectivity index (χ0) is 16.4. The fraction of sp³-hybridized carbons (Fsp3) is 0.222. The summed E-state index contributed by atoms with van der Waals surface area (Å²) in [5, 5.41) is 8.86. The molecule has 0 radical (unpaired) electrons. The number of H-pyrrole nitrogens is 1. The van der Waals surface area contributed by atoms with Crippen LogP contribution in [0.25, 0.3) is 11.0 Å². The maximum atomic E-state index is 10.8. The lowest BCUT2D eigenvalue weighted by Crippen LogP contribution is -2.00. The maximum absolute atomic E-state index is 10.8. The van der Waals surface area contributed by atoms with Crippen molar-refractivity contribution in [3.05, 3.63) is 58.9 Å². The summed E-state index contributed by atoms with van der Waals surface area (Å²) in [6.07, 6.45) is 0.00317. The number of nitrogens with zero attached hydrogens (tertiary/aromatic N) is 1. The van der Waals surface area contributed by atoms with Gasteiger partial charge in [0.25, 0.3) is 0 Å². The van der Waals surface area contributed by atoms with Gasteiger partial charge >= 0.3 is 5.97 Å². The number of aliphatic carboxylic acids is 1. The molecule has 5 heteroatoms. The number of para-hydroxylation sites is 1. The molecule has 1 heterocycles. The van der Waals surface area contributed by atoms with Crippen LogP contribution < -0.4 is 4.74 Å². The Hall–Kier alpha value is -2.82. The van der Waals surface area contributed by atoms with E-state index in [9.17, 15) is 4.79 Å². The Balaban J connectivity index is 1.79. The van der Waals surface area contributed by atoms with Crippen LogP contribution in [-0.2, 0) is 17.8 Å². The van der Waals surface area contributed by atoms with Crippen molar-refractivity contribution >= 4 is 17.0 Å². The summed E-state index contributed by atoms with van der Waals surface area (Å²) in [7, 11) is 0. The second kappa shape index (κ2) is 6.12. The van der Waals surface area contributed by atoms with E-state index in [-0.39, 0.29) is 6.42 Å². The number of aromatic nitrogens is 2. The van der Waals surface area contributed by atoms with Gasteiger partial charge in [-0.25, -0.2) is 4.98 Å². The third-order valence-corrected chi connectivity index (χ3v) is 3.71. The average Bonchev–Trinajstić information content (AvgIpc) is 2.88. The molecule has 0 saturated heterocycles. The summed E-state index contributed by atoms with van der Waals surface area (Å²) in [6.45, 7) is 4.37. The lowest BCUT2D eigenvalue weighted by molar-refractivity contribution is -0.136. The van der Waals surface area contributed by atoms with Gasteiger partial charge in [0, 0.05) is 0 Å². The molecular weight excluding hydrogens is 292 g/mol. The number of benzene rings is 2. The van der Waals surface area contributed by atoms with Crippen LogP contribution in [0.5, 0.6) is 5.75 Å². The Morgan fingerprint density at radius 3 is 2.65 bits per heavy atom. The lowest BCUT2D eigenvalue weighted by Gasteiger charge is -2.10. The number of carbonyl (C=O) groups is 1. The molecule has 2 aromatic carbocycles. The average molecular weight is 310 g/mol. The van der Waals surface area contributed by atoms with Crippen LogP contribution in [0.3, 0.4) is 0 Å². The minimum atomic E-state index is -0.845. The molecule has 0 bridgehead atoms. The summed E-state index contributed by atoms with van der Waals surface area (Å²) in [6, 6.07) is 11.5. The molecule has 1 aromatic heterocycles. The number of aromatic amines is 1. The van der Waals surface area contributed by atoms with Crippen molar-refractivity contribution in [2.45, 2.75) is 26.9 Å². The van der Waals surface area contributed by atoms with Crippen LogP contribution >= 0.6 is 0 Å². The fourth-order valence-electron chi connectivity index (χ4n) is 2.63. The van der Waals surface area contributed by atoms with E-state index in [0.29, 0.717) is 6.61 Å². The standard InChI is InChI=1S/C18H18N2O3/c1-11-4-3-5-12(2)18(11)23-10-16-19-14-7-6-13(9-17(21)22)8-15(14)20-16/h3-8H,9-10H2,1-2H3,(H,19,20)(H,21,22). The van der Waals surface area contributed by atoms with Gasteiger partial charge in [-0.1, -0.05) is 24.3 Å². The second-order valence-corrected chi connectivity index (χ2v) is 5.62. The number of carboxylic acid groups (broad SMARTS) is 1. The molecule has 0 aliphatic carbocycles. The number of hydrogen-bond donors (Lipinski definition) is 2. The lowest BCUT2D eigenvalue weighted by atomic mass is 10.1. The number of aryl methyl sites for hydroxylation is 2. The molecule has 0 spiro atoms. The Kier molecular flexibility index (Phi) is 4.02. The van der Waals surface area contributed by atoms with E-state index in [4.69, 9.17) is 9.84 Å². The first-order valence-corrected chi connectivity index (χ1v) is 7.41. The molecule has 0 atom stereocenters. The predicted molar refractivity (Wildman–Crippen MR) is 87.7 cm³/mol. The largest absolute Gasteiger partial charge is 0.485 e. The molecule has 23 heavy (non-hydrogen) atoms. The molecule has 0 unspecified atom stereocenters. The monoisotopic (exact) mass is 310 g/mol. The molecule has 0 aliphatic rings. The molecule has 5 nitrogen and oxygen atoms in total. The van der Waals surface area contributed by atoms with Crippen molar-refractivity contribution in [3.8, 4) is 5.75 Å². The number of rotatable bonds is 5. The van der Waals surface area contributed by atoms with E-state index in [0.717, 1.165) is 39.3 Å². The van der Waals surface area contributed by atoms with Gasteiger partial charge in [-0.3, -0.25) is 4.79 Å². The SMILES string of the molecule is Cc1cccc(C)c1OCc1nc2ccc(CC(=O)O)cc2[nH]1. The number of hydrogen-bond acceptors (Lipinski definition) is 3. The van der Waals surface area contributed by atoms with Crippen molar-refractivity contribution < 1.29 is 14.6 Å². The number of fused-ring (bicyclic) bond motifs is 1. The van der Waals surface area contributed by atoms with Crippen molar-refractivity contribution in [2.24, 2.45) is 0 Å². The molecule has 3 rings (SSSR count). The molecule has 0 saturated carbocycles. The van der Waals surface area contributed by atoms with Gasteiger partial charge in [-0.05, 0) is 42.7 Å². The highest BCUT2D eigenvalue weighted by Gasteiger charge is 2.08. The van der Waals surface area contributed by atoms with E-state index >= 15 is 0 Å². The Labute approximate surface area is 133 Å². The predicted octanol–water partition coefficient (Wildman–Crippen LogP) is 3.39. The Morgan fingerprint density at radius 1 is 1.22 bits per heavy atom. The first-order chi connectivity index (χ1) is 11.0. The summed E-state index contributed by atoms with van der Waals surface area (Å²) >= 11 is 0. The number of carboxylic acids is 1. The van der Waals surface area contributed by atoms with Gasteiger partial charge in [0.15, 0.2) is 0 Å². The van der Waals surface area contributed by atoms with Crippen LogP contribution in [0.2, 0.25) is 0 Å². The zero-order valence-corrected chi connectivity index (χ0v) is 13.1. The third kappa shape index (κ3) is 3.34. The van der Waals surface area contributed by atoms with Crippen LogP contribution in [0.4, 0.5) is 0 Å². The number of imidazole rings is 1. The highest BCUT2D eigenvalue weighted by Crippen LogP contribution is 2.23. The van der Waals surface area contributed by atoms with Crippen LogP contribution in [-0.4, -0.2) is 21.0 Å². The first kappa shape index (κ1) is 15.1. The minimum Gasteiger partial charge on any atom is -0.485 e. The highest BCUT2D eigenvalue weighted by atomic mass is 16.5. The van der Waals surface area contributed by atoms with Gasteiger partial charge < -0.3 is 14.8 Å². The topological polar surface area (TPSA) is 75.2 Å². The van der Waals surface area contributed by atoms with Crippen molar-refractivity contribution in [2.75, 3.05) is 0 Å². The van der Waals surface area contributed by atoms with E-state index in [1.165, 1.54) is 0 Å². The summed E-state index contributed by atoms with van der Waals surface area (Å²) in [4.78, 5) is 18.5. The fourth-order valence-corrected chi connectivity index (χ4v) is 2.63. The zero-order valence-electron chi connectivity index (χ0n) is 13.1. The van der Waals surface area contributed by atoms with Crippen molar-refractivity contribution in [1.29, 1.82) is 0 Å². The van der Waals surface area contributed by atoms with E-state index in [2.05, 4.69) is 9.97 Å². The van der Waals surface area contributed by atoms with Crippen molar-refractivity contribution in [1.82, 2.24) is 9.97 Å². The molecule has 0 aliphatic heterocycles. The second-order valence-electron chi connectivity index (χ2n) is 5.62. The van der Waals surface area contributed by atoms with Crippen molar-refractivity contribution in [3.63, 3.8) is 0 Å². The number of ether oxygens (including phenoxy) is 1. The Bertz CT molecular complexity index is 848. The quantitative estimate of drug-likeness (QED) is 0.757. The third-order valence-electron chi connectivity index (χ3n) is 3.71. The molecule has 118 valence electrons. The highest BCUT2D eigenvalue weighted by molar-refractivity contribution is 5.78. The molecular formula is C18H18N2O3. The first-order valence-electron chi connectivity index (χ1n) is 7.41. The van der Waals surface area contributed by atoms with E-state index < -0.39 is 5.97 Å². The molecule has 2 N–H and O–H groups in total. The van der Waals surface area contributed by atoms with Crippen LogP contribution in [0.15, 0.2) is 36.4 Å². The van der Waals surface area contributed by atoms with Gasteiger partial charge in [0.1, 0.15) is 18.2 Å². The summed E-state index contributed by atoms with van der Waals surface area (Å²) in [5.41, 5.74) is 4.55.